The van der Waals surface area contributed by atoms with Crippen molar-refractivity contribution in [2.45, 2.75) is 33.2 Å². The van der Waals surface area contributed by atoms with Gasteiger partial charge in [0.2, 0.25) is 0 Å². The Morgan fingerprint density at radius 3 is 3.21 bits per heavy atom. The largest absolute Gasteiger partial charge is 0.381 e. The van der Waals surface area contributed by atoms with Crippen molar-refractivity contribution >= 4 is 16.3 Å². The van der Waals surface area contributed by atoms with Crippen molar-refractivity contribution in [3.05, 3.63) is 22.5 Å². The van der Waals surface area contributed by atoms with E-state index in [1.165, 1.54) is 23.4 Å². The second-order valence-corrected chi connectivity index (χ2v) is 6.57. The van der Waals surface area contributed by atoms with Gasteiger partial charge in [-0.1, -0.05) is 0 Å². The normalized spacial score (nSPS) is 20.2. The third-order valence-electron chi connectivity index (χ3n) is 3.72. The predicted molar refractivity (Wildman–Crippen MR) is 77.8 cm³/mol. The summed E-state index contributed by atoms with van der Waals surface area (Å²) >= 11 is 1.75. The van der Waals surface area contributed by atoms with E-state index in [1.54, 1.807) is 11.3 Å². The Labute approximate surface area is 117 Å². The first-order valence-electron chi connectivity index (χ1n) is 6.96. The van der Waals surface area contributed by atoms with Crippen molar-refractivity contribution in [2.24, 2.45) is 5.92 Å². The third kappa shape index (κ3) is 2.83. The Balaban J connectivity index is 1.62. The number of hydrogen-bond acceptors (Lipinski definition) is 4. The summed E-state index contributed by atoms with van der Waals surface area (Å²) < 4.78 is 7.73. The van der Waals surface area contributed by atoms with Crippen LogP contribution in [0.4, 0.5) is 0 Å². The summed E-state index contributed by atoms with van der Waals surface area (Å²) in [5.74, 6) is 0.668. The van der Waals surface area contributed by atoms with Gasteiger partial charge in [-0.2, -0.15) is 0 Å². The smallest absolute Gasteiger partial charge is 0.194 e. The van der Waals surface area contributed by atoms with E-state index >= 15 is 0 Å². The molecule has 0 aliphatic carbocycles. The van der Waals surface area contributed by atoms with Gasteiger partial charge in [0.1, 0.15) is 0 Å². The van der Waals surface area contributed by atoms with E-state index in [0.717, 1.165) is 37.0 Å². The molecule has 1 atom stereocenters. The fraction of sp³-hybridized carbons (Fsp3) is 0.643. The van der Waals surface area contributed by atoms with Crippen LogP contribution in [0.3, 0.4) is 0 Å². The van der Waals surface area contributed by atoms with Crippen LogP contribution in [0.1, 0.15) is 29.1 Å². The molecular formula is C14H21N3OS. The number of aryl methyl sites for hydroxylation is 2. The molecule has 1 aliphatic heterocycles. The van der Waals surface area contributed by atoms with Crippen LogP contribution in [0.5, 0.6) is 0 Å². The number of aromatic nitrogens is 2. The van der Waals surface area contributed by atoms with Crippen LogP contribution < -0.4 is 5.32 Å². The Morgan fingerprint density at radius 1 is 1.53 bits per heavy atom. The molecule has 0 amide bonds. The predicted octanol–water partition coefficient (Wildman–Crippen LogP) is 2.53. The highest BCUT2D eigenvalue weighted by Crippen LogP contribution is 2.20. The molecule has 5 heteroatoms. The van der Waals surface area contributed by atoms with Gasteiger partial charge in [-0.15, -0.1) is 11.3 Å². The number of imidazole rings is 1. The SMILES string of the molecule is Cc1cn2c(CNCC3CCCOC3)c(C)nc2s1. The summed E-state index contributed by atoms with van der Waals surface area (Å²) in [5, 5.41) is 3.56. The number of nitrogens with zero attached hydrogens (tertiary/aromatic N) is 2. The van der Waals surface area contributed by atoms with E-state index in [2.05, 4.69) is 34.7 Å². The van der Waals surface area contributed by atoms with Gasteiger partial charge in [0.15, 0.2) is 4.96 Å². The Hall–Kier alpha value is -0.910. The number of thiazole rings is 1. The van der Waals surface area contributed by atoms with Crippen molar-refractivity contribution in [3.8, 4) is 0 Å². The first kappa shape index (κ1) is 13.1. The fourth-order valence-corrected chi connectivity index (χ4v) is 3.58. The lowest BCUT2D eigenvalue weighted by Crippen LogP contribution is -2.29. The molecule has 0 radical (unpaired) electrons. The monoisotopic (exact) mass is 279 g/mol. The minimum Gasteiger partial charge on any atom is -0.381 e. The molecule has 1 N–H and O–H groups in total. The lowest BCUT2D eigenvalue weighted by Gasteiger charge is -2.22. The molecule has 1 unspecified atom stereocenters. The molecule has 3 heterocycles. The molecule has 0 saturated carbocycles. The third-order valence-corrected chi connectivity index (χ3v) is 4.62. The number of rotatable bonds is 4. The van der Waals surface area contributed by atoms with Crippen LogP contribution >= 0.6 is 11.3 Å². The zero-order valence-corrected chi connectivity index (χ0v) is 12.4. The second-order valence-electron chi connectivity index (χ2n) is 5.35. The van der Waals surface area contributed by atoms with Crippen molar-refractivity contribution in [1.29, 1.82) is 0 Å². The van der Waals surface area contributed by atoms with E-state index in [-0.39, 0.29) is 0 Å². The highest BCUT2D eigenvalue weighted by Gasteiger charge is 2.15. The van der Waals surface area contributed by atoms with Crippen LogP contribution in [-0.2, 0) is 11.3 Å². The van der Waals surface area contributed by atoms with Crippen molar-refractivity contribution < 1.29 is 4.74 Å². The van der Waals surface area contributed by atoms with Crippen molar-refractivity contribution in [2.75, 3.05) is 19.8 Å². The molecule has 0 spiro atoms. The van der Waals surface area contributed by atoms with Gasteiger partial charge in [0.05, 0.1) is 18.0 Å². The maximum absolute atomic E-state index is 5.51. The standard InChI is InChI=1S/C14H21N3OS/c1-10-8-17-13(11(2)16-14(17)19-10)7-15-6-12-4-3-5-18-9-12/h8,12,15H,3-7,9H2,1-2H3. The Bertz CT molecular complexity index is 554. The summed E-state index contributed by atoms with van der Waals surface area (Å²) in [6.45, 7) is 7.99. The molecule has 2 aromatic rings. The lowest BCUT2D eigenvalue weighted by atomic mass is 10.0. The molecule has 19 heavy (non-hydrogen) atoms. The van der Waals surface area contributed by atoms with E-state index < -0.39 is 0 Å². The first-order chi connectivity index (χ1) is 9.24. The minimum absolute atomic E-state index is 0.668. The van der Waals surface area contributed by atoms with Gasteiger partial charge in [-0.25, -0.2) is 4.98 Å². The Kier molecular flexibility index (Phi) is 3.86. The van der Waals surface area contributed by atoms with Crippen LogP contribution in [0.15, 0.2) is 6.20 Å². The van der Waals surface area contributed by atoms with Gasteiger partial charge in [-0.05, 0) is 32.6 Å². The molecule has 4 nitrogen and oxygen atoms in total. The number of fused-ring (bicyclic) bond motifs is 1. The zero-order chi connectivity index (χ0) is 13.2. The second kappa shape index (κ2) is 5.61. The average Bonchev–Trinajstić information content (AvgIpc) is 2.88. The molecule has 2 aromatic heterocycles. The van der Waals surface area contributed by atoms with Gasteiger partial charge in [-0.3, -0.25) is 4.40 Å². The summed E-state index contributed by atoms with van der Waals surface area (Å²) in [6, 6.07) is 0. The highest BCUT2D eigenvalue weighted by atomic mass is 32.1. The van der Waals surface area contributed by atoms with Crippen molar-refractivity contribution in [1.82, 2.24) is 14.7 Å². The molecule has 1 fully saturated rings. The highest BCUT2D eigenvalue weighted by molar-refractivity contribution is 7.17. The van der Waals surface area contributed by atoms with Gasteiger partial charge >= 0.3 is 0 Å². The average molecular weight is 279 g/mol. The number of ether oxygens (including phenoxy) is 1. The van der Waals surface area contributed by atoms with Crippen LogP contribution in [-0.4, -0.2) is 29.1 Å². The number of nitrogens with one attached hydrogen (secondary N) is 1. The molecule has 0 bridgehead atoms. The maximum atomic E-state index is 5.51. The summed E-state index contributed by atoms with van der Waals surface area (Å²) in [4.78, 5) is 7.03. The van der Waals surface area contributed by atoms with Gasteiger partial charge in [0.25, 0.3) is 0 Å². The van der Waals surface area contributed by atoms with E-state index in [0.29, 0.717) is 5.92 Å². The zero-order valence-electron chi connectivity index (χ0n) is 11.6. The van der Waals surface area contributed by atoms with E-state index in [9.17, 15) is 0 Å². The van der Waals surface area contributed by atoms with Gasteiger partial charge in [0, 0.05) is 30.8 Å². The summed E-state index contributed by atoms with van der Waals surface area (Å²) in [5.41, 5.74) is 2.43. The Morgan fingerprint density at radius 2 is 2.42 bits per heavy atom. The summed E-state index contributed by atoms with van der Waals surface area (Å²) in [7, 11) is 0. The molecule has 1 aliphatic rings. The molecule has 1 saturated heterocycles. The van der Waals surface area contributed by atoms with Crippen LogP contribution in [0.25, 0.3) is 4.96 Å². The topological polar surface area (TPSA) is 38.6 Å². The minimum atomic E-state index is 0.668. The van der Waals surface area contributed by atoms with Crippen LogP contribution in [0, 0.1) is 19.8 Å². The fourth-order valence-electron chi connectivity index (χ4n) is 2.69. The first-order valence-corrected chi connectivity index (χ1v) is 7.78. The lowest BCUT2D eigenvalue weighted by molar-refractivity contribution is 0.0547. The molecule has 3 rings (SSSR count). The van der Waals surface area contributed by atoms with Gasteiger partial charge < -0.3 is 10.1 Å². The molecule has 104 valence electrons. The number of hydrogen-bond donors (Lipinski definition) is 1. The molecule has 0 aromatic carbocycles. The quantitative estimate of drug-likeness (QED) is 0.934. The van der Waals surface area contributed by atoms with Crippen molar-refractivity contribution in [3.63, 3.8) is 0 Å². The van der Waals surface area contributed by atoms with Crippen LogP contribution in [0.2, 0.25) is 0 Å². The summed E-state index contributed by atoms with van der Waals surface area (Å²) in [6.07, 6.45) is 4.66. The molecular weight excluding hydrogens is 258 g/mol. The van der Waals surface area contributed by atoms with E-state index in [1.807, 2.05) is 0 Å². The maximum Gasteiger partial charge on any atom is 0.194 e. The van der Waals surface area contributed by atoms with E-state index in [4.69, 9.17) is 4.74 Å².